The molecule has 0 saturated heterocycles. The summed E-state index contributed by atoms with van der Waals surface area (Å²) < 4.78 is 0. The Hall–Kier alpha value is -1.35. The Labute approximate surface area is 102 Å². The van der Waals surface area contributed by atoms with E-state index in [0.29, 0.717) is 6.04 Å². The molecule has 1 saturated carbocycles. The molecule has 3 nitrogen and oxygen atoms in total. The van der Waals surface area contributed by atoms with Crippen LogP contribution in [0.15, 0.2) is 24.3 Å². The van der Waals surface area contributed by atoms with E-state index in [1.807, 2.05) is 24.3 Å². The van der Waals surface area contributed by atoms with Crippen LogP contribution in [0.2, 0.25) is 0 Å². The molecule has 2 rings (SSSR count). The maximum atomic E-state index is 10.7. The quantitative estimate of drug-likeness (QED) is 0.792. The van der Waals surface area contributed by atoms with Gasteiger partial charge in [0.1, 0.15) is 0 Å². The average molecular weight is 233 g/mol. The minimum atomic E-state index is -0.768. The topological polar surface area (TPSA) is 49.3 Å². The van der Waals surface area contributed by atoms with Gasteiger partial charge in [0.2, 0.25) is 0 Å². The van der Waals surface area contributed by atoms with Crippen LogP contribution in [0.1, 0.15) is 30.9 Å². The number of benzene rings is 1. The second-order valence-corrected chi connectivity index (χ2v) is 4.73. The predicted molar refractivity (Wildman–Crippen MR) is 66.8 cm³/mol. The summed E-state index contributed by atoms with van der Waals surface area (Å²) in [6.07, 6.45) is 2.60. The zero-order chi connectivity index (χ0) is 12.3. The summed E-state index contributed by atoms with van der Waals surface area (Å²) in [5, 5.41) is 12.3. The third-order valence-electron chi connectivity index (χ3n) is 3.46. The zero-order valence-corrected chi connectivity index (χ0v) is 10.1. The van der Waals surface area contributed by atoms with Crippen LogP contribution in [0.4, 0.5) is 0 Å². The largest absolute Gasteiger partial charge is 0.481 e. The Balaban J connectivity index is 1.93. The number of carboxylic acid groups (broad SMARTS) is 1. The van der Waals surface area contributed by atoms with E-state index in [0.717, 1.165) is 23.6 Å². The number of rotatable bonds is 6. The Kier molecular flexibility index (Phi) is 3.79. The summed E-state index contributed by atoms with van der Waals surface area (Å²) in [6, 6.07) is 8.41. The van der Waals surface area contributed by atoms with Gasteiger partial charge in [-0.25, -0.2) is 0 Å². The Morgan fingerprint density at radius 2 is 2.12 bits per heavy atom. The van der Waals surface area contributed by atoms with E-state index < -0.39 is 5.97 Å². The van der Waals surface area contributed by atoms with Gasteiger partial charge in [0, 0.05) is 12.6 Å². The second kappa shape index (κ2) is 5.32. The van der Waals surface area contributed by atoms with Crippen LogP contribution in [0.5, 0.6) is 0 Å². The lowest BCUT2D eigenvalue weighted by Gasteiger charge is -2.08. The third kappa shape index (κ3) is 3.30. The first-order valence-corrected chi connectivity index (χ1v) is 6.22. The minimum absolute atomic E-state index is 0.111. The zero-order valence-electron chi connectivity index (χ0n) is 10.1. The molecular weight excluding hydrogens is 214 g/mol. The molecule has 0 radical (unpaired) electrons. The van der Waals surface area contributed by atoms with E-state index in [1.54, 1.807) is 0 Å². The Morgan fingerprint density at radius 3 is 2.71 bits per heavy atom. The summed E-state index contributed by atoms with van der Waals surface area (Å²) >= 11 is 0. The molecule has 2 atom stereocenters. The van der Waals surface area contributed by atoms with Gasteiger partial charge in [-0.2, -0.15) is 0 Å². The molecule has 0 amide bonds. The van der Waals surface area contributed by atoms with E-state index in [2.05, 4.69) is 12.2 Å². The Bertz CT molecular complexity index is 403. The van der Waals surface area contributed by atoms with Crippen LogP contribution in [-0.4, -0.2) is 17.1 Å². The average Bonchev–Trinajstić information content (AvgIpc) is 3.06. The smallest absolute Gasteiger partial charge is 0.307 e. The molecule has 0 aromatic heterocycles. The molecule has 0 spiro atoms. The van der Waals surface area contributed by atoms with Crippen LogP contribution < -0.4 is 5.32 Å². The van der Waals surface area contributed by atoms with E-state index in [1.165, 1.54) is 12.8 Å². The van der Waals surface area contributed by atoms with Crippen molar-refractivity contribution in [2.75, 3.05) is 0 Å². The molecule has 1 aromatic rings. The van der Waals surface area contributed by atoms with Gasteiger partial charge < -0.3 is 10.4 Å². The number of hydrogen-bond acceptors (Lipinski definition) is 2. The highest BCUT2D eigenvalue weighted by Gasteiger charge is 2.34. The highest BCUT2D eigenvalue weighted by Crippen LogP contribution is 2.33. The van der Waals surface area contributed by atoms with Gasteiger partial charge in [0.15, 0.2) is 0 Å². The molecule has 92 valence electrons. The third-order valence-corrected chi connectivity index (χ3v) is 3.46. The summed E-state index contributed by atoms with van der Waals surface area (Å²) in [6.45, 7) is 3.00. The number of nitrogens with one attached hydrogen (secondary N) is 1. The molecule has 1 aliphatic rings. The van der Waals surface area contributed by atoms with Crippen LogP contribution in [0.25, 0.3) is 0 Å². The molecule has 2 unspecified atom stereocenters. The van der Waals surface area contributed by atoms with Gasteiger partial charge in [-0.1, -0.05) is 37.6 Å². The fourth-order valence-electron chi connectivity index (χ4n) is 2.26. The molecule has 0 bridgehead atoms. The first-order valence-electron chi connectivity index (χ1n) is 6.22. The summed E-state index contributed by atoms with van der Waals surface area (Å²) in [7, 11) is 0. The van der Waals surface area contributed by atoms with Crippen molar-refractivity contribution < 1.29 is 9.90 Å². The summed E-state index contributed by atoms with van der Waals surface area (Å²) in [4.78, 5) is 10.7. The minimum Gasteiger partial charge on any atom is -0.481 e. The molecule has 3 heteroatoms. The lowest BCUT2D eigenvalue weighted by atomic mass is 10.0. The highest BCUT2D eigenvalue weighted by molar-refractivity contribution is 5.70. The number of aliphatic carboxylic acids is 1. The fraction of sp³-hybridized carbons (Fsp3) is 0.500. The molecule has 17 heavy (non-hydrogen) atoms. The van der Waals surface area contributed by atoms with E-state index >= 15 is 0 Å². The molecule has 1 aliphatic carbocycles. The van der Waals surface area contributed by atoms with E-state index in [9.17, 15) is 4.79 Å². The van der Waals surface area contributed by atoms with Crippen LogP contribution in [0.3, 0.4) is 0 Å². The first-order chi connectivity index (χ1) is 8.20. The van der Waals surface area contributed by atoms with Gasteiger partial charge in [-0.3, -0.25) is 4.79 Å². The number of carboxylic acids is 1. The standard InChI is InChI=1S/C14H19NO2/c1-2-10-7-13(10)15-9-12-6-4-3-5-11(12)8-14(16)17/h3-6,10,13,15H,2,7-9H2,1H3,(H,16,17). The molecule has 1 aromatic carbocycles. The maximum absolute atomic E-state index is 10.7. The number of carbonyl (C=O) groups is 1. The summed E-state index contributed by atoms with van der Waals surface area (Å²) in [5.41, 5.74) is 2.03. The van der Waals surface area contributed by atoms with Crippen molar-refractivity contribution in [1.29, 1.82) is 0 Å². The van der Waals surface area contributed by atoms with Gasteiger partial charge in [0.25, 0.3) is 0 Å². The van der Waals surface area contributed by atoms with Crippen molar-refractivity contribution in [3.8, 4) is 0 Å². The van der Waals surface area contributed by atoms with E-state index in [4.69, 9.17) is 5.11 Å². The normalized spacial score (nSPS) is 22.4. The molecular formula is C14H19NO2. The van der Waals surface area contributed by atoms with Crippen molar-refractivity contribution in [2.45, 2.75) is 38.8 Å². The van der Waals surface area contributed by atoms with Crippen LogP contribution in [-0.2, 0) is 17.8 Å². The van der Waals surface area contributed by atoms with E-state index in [-0.39, 0.29) is 6.42 Å². The van der Waals surface area contributed by atoms with Crippen molar-refractivity contribution in [2.24, 2.45) is 5.92 Å². The van der Waals surface area contributed by atoms with Gasteiger partial charge in [0.05, 0.1) is 6.42 Å². The molecule has 0 aliphatic heterocycles. The van der Waals surface area contributed by atoms with Crippen molar-refractivity contribution >= 4 is 5.97 Å². The van der Waals surface area contributed by atoms with Gasteiger partial charge in [-0.05, 0) is 23.5 Å². The van der Waals surface area contributed by atoms with Crippen molar-refractivity contribution in [3.05, 3.63) is 35.4 Å². The molecule has 1 fully saturated rings. The monoisotopic (exact) mass is 233 g/mol. The van der Waals surface area contributed by atoms with Gasteiger partial charge >= 0.3 is 5.97 Å². The Morgan fingerprint density at radius 1 is 1.41 bits per heavy atom. The second-order valence-electron chi connectivity index (χ2n) is 4.73. The van der Waals surface area contributed by atoms with Crippen LogP contribution in [0, 0.1) is 5.92 Å². The highest BCUT2D eigenvalue weighted by atomic mass is 16.4. The maximum Gasteiger partial charge on any atom is 0.307 e. The molecule has 2 N–H and O–H groups in total. The predicted octanol–water partition coefficient (Wildman–Crippen LogP) is 2.20. The number of hydrogen-bond donors (Lipinski definition) is 2. The fourth-order valence-corrected chi connectivity index (χ4v) is 2.26. The lowest BCUT2D eigenvalue weighted by Crippen LogP contribution is -2.19. The SMILES string of the molecule is CCC1CC1NCc1ccccc1CC(=O)O. The van der Waals surface area contributed by atoms with Crippen molar-refractivity contribution in [3.63, 3.8) is 0 Å². The van der Waals surface area contributed by atoms with Gasteiger partial charge in [-0.15, -0.1) is 0 Å². The lowest BCUT2D eigenvalue weighted by molar-refractivity contribution is -0.136. The summed E-state index contributed by atoms with van der Waals surface area (Å²) in [5.74, 6) is 0.0527. The first kappa shape index (κ1) is 12.1. The van der Waals surface area contributed by atoms with Crippen LogP contribution >= 0.6 is 0 Å². The molecule has 0 heterocycles. The van der Waals surface area contributed by atoms with Crippen molar-refractivity contribution in [1.82, 2.24) is 5.32 Å².